The molecule has 0 aromatic rings. The van der Waals surface area contributed by atoms with Gasteiger partial charge in [0.1, 0.15) is 0 Å². The SMILES string of the molecule is CC(O)COCCCN(CC(C)O)N(CCCOCC(C)O)CC(C)O. The van der Waals surface area contributed by atoms with Gasteiger partial charge in [0.15, 0.2) is 0 Å². The lowest BCUT2D eigenvalue weighted by Gasteiger charge is -2.36. The van der Waals surface area contributed by atoms with Crippen molar-refractivity contribution in [1.82, 2.24) is 10.0 Å². The van der Waals surface area contributed by atoms with Crippen LogP contribution in [0.5, 0.6) is 0 Å². The minimum atomic E-state index is -0.489. The molecule has 0 fully saturated rings. The van der Waals surface area contributed by atoms with E-state index in [1.54, 1.807) is 27.7 Å². The van der Waals surface area contributed by atoms with Crippen LogP contribution < -0.4 is 0 Å². The van der Waals surface area contributed by atoms with Crippen molar-refractivity contribution in [3.05, 3.63) is 0 Å². The minimum Gasteiger partial charge on any atom is -0.392 e. The number of aliphatic hydroxyl groups is 4. The molecule has 4 atom stereocenters. The van der Waals surface area contributed by atoms with Crippen LogP contribution in [-0.4, -0.2) is 107 Å². The van der Waals surface area contributed by atoms with Crippen molar-refractivity contribution >= 4 is 0 Å². The molecule has 8 heteroatoms. The highest BCUT2D eigenvalue weighted by atomic mass is 16.5. The van der Waals surface area contributed by atoms with Crippen molar-refractivity contribution < 1.29 is 29.9 Å². The van der Waals surface area contributed by atoms with Crippen LogP contribution in [0.1, 0.15) is 40.5 Å². The zero-order valence-electron chi connectivity index (χ0n) is 16.9. The van der Waals surface area contributed by atoms with Gasteiger partial charge in [0.2, 0.25) is 0 Å². The Morgan fingerprint density at radius 1 is 0.615 bits per heavy atom. The van der Waals surface area contributed by atoms with E-state index in [0.717, 1.165) is 12.8 Å². The van der Waals surface area contributed by atoms with Gasteiger partial charge in [-0.05, 0) is 40.5 Å². The summed E-state index contributed by atoms with van der Waals surface area (Å²) in [5.41, 5.74) is 0. The van der Waals surface area contributed by atoms with Gasteiger partial charge in [0, 0.05) is 39.4 Å². The Morgan fingerprint density at radius 3 is 1.23 bits per heavy atom. The monoisotopic (exact) mass is 380 g/mol. The summed E-state index contributed by atoms with van der Waals surface area (Å²) < 4.78 is 10.8. The van der Waals surface area contributed by atoms with Crippen LogP contribution in [0.3, 0.4) is 0 Å². The van der Waals surface area contributed by atoms with E-state index < -0.39 is 24.4 Å². The summed E-state index contributed by atoms with van der Waals surface area (Å²) >= 11 is 0. The van der Waals surface area contributed by atoms with Gasteiger partial charge in [-0.2, -0.15) is 0 Å². The molecule has 0 amide bonds. The van der Waals surface area contributed by atoms with Gasteiger partial charge in [-0.3, -0.25) is 0 Å². The summed E-state index contributed by atoms with van der Waals surface area (Å²) in [5.74, 6) is 0. The molecular weight excluding hydrogens is 340 g/mol. The third kappa shape index (κ3) is 15.9. The van der Waals surface area contributed by atoms with Crippen LogP contribution in [0, 0.1) is 0 Å². The Labute approximate surface area is 158 Å². The summed E-state index contributed by atoms with van der Waals surface area (Å²) in [6.45, 7) is 10.8. The number of rotatable bonds is 17. The van der Waals surface area contributed by atoms with Crippen LogP contribution in [0.4, 0.5) is 0 Å². The number of hydrogen-bond donors (Lipinski definition) is 4. The molecule has 0 spiro atoms. The molecule has 4 unspecified atom stereocenters. The summed E-state index contributed by atoms with van der Waals surface area (Å²) in [5, 5.41) is 42.1. The molecule has 0 bridgehead atoms. The fourth-order valence-electron chi connectivity index (χ4n) is 2.51. The molecule has 26 heavy (non-hydrogen) atoms. The van der Waals surface area contributed by atoms with E-state index >= 15 is 0 Å². The molecule has 0 aliphatic rings. The Kier molecular flexibility index (Phi) is 15.5. The second-order valence-corrected chi connectivity index (χ2v) is 7.08. The lowest BCUT2D eigenvalue weighted by molar-refractivity contribution is -0.0785. The molecule has 0 aliphatic heterocycles. The number of nitrogens with zero attached hydrogens (tertiary/aromatic N) is 2. The lowest BCUT2D eigenvalue weighted by Crippen LogP contribution is -2.49. The molecule has 0 aromatic heterocycles. The van der Waals surface area contributed by atoms with Crippen molar-refractivity contribution in [3.63, 3.8) is 0 Å². The normalized spacial score (nSPS) is 16.8. The van der Waals surface area contributed by atoms with Crippen LogP contribution >= 0.6 is 0 Å². The summed E-state index contributed by atoms with van der Waals surface area (Å²) in [6, 6.07) is 0. The van der Waals surface area contributed by atoms with Gasteiger partial charge in [0.05, 0.1) is 37.6 Å². The molecule has 158 valence electrons. The predicted octanol–water partition coefficient (Wildman–Crippen LogP) is -0.158. The highest BCUT2D eigenvalue weighted by Gasteiger charge is 2.18. The Balaban J connectivity index is 4.47. The molecule has 0 heterocycles. The maximum atomic E-state index is 9.80. The highest BCUT2D eigenvalue weighted by molar-refractivity contribution is 4.65. The van der Waals surface area contributed by atoms with Crippen molar-refractivity contribution in [1.29, 1.82) is 0 Å². The molecule has 0 saturated carbocycles. The third-order valence-electron chi connectivity index (χ3n) is 3.48. The number of hydrogen-bond acceptors (Lipinski definition) is 8. The van der Waals surface area contributed by atoms with Crippen LogP contribution in [0.25, 0.3) is 0 Å². The third-order valence-corrected chi connectivity index (χ3v) is 3.48. The zero-order valence-corrected chi connectivity index (χ0v) is 16.9. The summed E-state index contributed by atoms with van der Waals surface area (Å²) in [6.07, 6.45) is -0.413. The Morgan fingerprint density at radius 2 is 0.962 bits per heavy atom. The van der Waals surface area contributed by atoms with Gasteiger partial charge in [0.25, 0.3) is 0 Å². The van der Waals surface area contributed by atoms with E-state index in [4.69, 9.17) is 9.47 Å². The highest BCUT2D eigenvalue weighted by Crippen LogP contribution is 2.06. The van der Waals surface area contributed by atoms with Crippen LogP contribution in [-0.2, 0) is 9.47 Å². The maximum Gasteiger partial charge on any atom is 0.0745 e. The molecule has 0 radical (unpaired) electrons. The maximum absolute atomic E-state index is 9.80. The van der Waals surface area contributed by atoms with E-state index in [-0.39, 0.29) is 0 Å². The van der Waals surface area contributed by atoms with Crippen molar-refractivity contribution in [2.24, 2.45) is 0 Å². The first kappa shape index (κ1) is 25.7. The lowest BCUT2D eigenvalue weighted by atomic mass is 10.3. The molecule has 4 N–H and O–H groups in total. The second-order valence-electron chi connectivity index (χ2n) is 7.08. The fraction of sp³-hybridized carbons (Fsp3) is 1.00. The van der Waals surface area contributed by atoms with Gasteiger partial charge >= 0.3 is 0 Å². The Bertz CT molecular complexity index is 286. The molecular formula is C18H40N2O6. The average Bonchev–Trinajstić information content (AvgIpc) is 2.50. The zero-order chi connectivity index (χ0) is 19.9. The van der Waals surface area contributed by atoms with E-state index in [2.05, 4.69) is 0 Å². The molecule has 8 nitrogen and oxygen atoms in total. The smallest absolute Gasteiger partial charge is 0.0745 e. The average molecular weight is 381 g/mol. The number of ether oxygens (including phenoxy) is 2. The first-order valence-electron chi connectivity index (χ1n) is 9.59. The van der Waals surface area contributed by atoms with Crippen LogP contribution in [0.2, 0.25) is 0 Å². The Hall–Kier alpha value is -0.320. The molecule has 0 rings (SSSR count). The second kappa shape index (κ2) is 15.7. The minimum absolute atomic E-state index is 0.314. The van der Waals surface area contributed by atoms with Gasteiger partial charge in [-0.1, -0.05) is 0 Å². The van der Waals surface area contributed by atoms with E-state index in [9.17, 15) is 20.4 Å². The van der Waals surface area contributed by atoms with Crippen molar-refractivity contribution in [2.45, 2.75) is 65.0 Å². The number of hydrazine groups is 1. The first-order chi connectivity index (χ1) is 12.2. The summed E-state index contributed by atoms with van der Waals surface area (Å²) in [7, 11) is 0. The van der Waals surface area contributed by atoms with Crippen LogP contribution in [0.15, 0.2) is 0 Å². The number of aliphatic hydroxyl groups excluding tert-OH is 4. The van der Waals surface area contributed by atoms with Crippen molar-refractivity contribution in [3.8, 4) is 0 Å². The summed E-state index contributed by atoms with van der Waals surface area (Å²) in [4.78, 5) is 0. The molecule has 0 aliphatic carbocycles. The van der Waals surface area contributed by atoms with Gasteiger partial charge in [-0.15, -0.1) is 0 Å². The standard InChI is InChI=1S/C18H40N2O6/c1-15(21)11-19(7-5-9-25-13-17(3)23)20(12-16(2)22)8-6-10-26-14-18(4)24/h15-18,21-24H,5-14H2,1-4H3. The molecule has 0 saturated heterocycles. The van der Waals surface area contributed by atoms with E-state index in [1.165, 1.54) is 0 Å². The van der Waals surface area contributed by atoms with Crippen molar-refractivity contribution in [2.75, 3.05) is 52.6 Å². The topological polar surface area (TPSA) is 106 Å². The quantitative estimate of drug-likeness (QED) is 0.204. The predicted molar refractivity (Wildman–Crippen MR) is 101 cm³/mol. The van der Waals surface area contributed by atoms with Gasteiger partial charge < -0.3 is 29.9 Å². The van der Waals surface area contributed by atoms with Gasteiger partial charge in [-0.25, -0.2) is 10.0 Å². The first-order valence-corrected chi connectivity index (χ1v) is 9.59. The molecule has 0 aromatic carbocycles. The fourth-order valence-corrected chi connectivity index (χ4v) is 2.51. The van der Waals surface area contributed by atoms with E-state index in [1.807, 2.05) is 10.0 Å². The largest absolute Gasteiger partial charge is 0.392 e. The van der Waals surface area contributed by atoms with E-state index in [0.29, 0.717) is 52.6 Å².